The molecule has 0 aromatic heterocycles. The Balaban J connectivity index is 2.27. The molecule has 1 heteroatoms. The minimum atomic E-state index is -0.0695. The highest BCUT2D eigenvalue weighted by Crippen LogP contribution is 2.45. The molecule has 0 bridgehead atoms. The van der Waals surface area contributed by atoms with Crippen LogP contribution in [-0.4, -0.2) is 11.2 Å². The summed E-state index contributed by atoms with van der Waals surface area (Å²) in [6.07, 6.45) is 1.96. The van der Waals surface area contributed by atoms with E-state index >= 15 is 0 Å². The first-order valence-corrected chi connectivity index (χ1v) is 5.89. The lowest BCUT2D eigenvalue weighted by atomic mass is 9.65. The Morgan fingerprint density at radius 1 is 1.33 bits per heavy atom. The third-order valence-corrected chi connectivity index (χ3v) is 4.02. The number of aryl methyl sites for hydroxylation is 1. The van der Waals surface area contributed by atoms with E-state index in [0.29, 0.717) is 11.8 Å². The highest BCUT2D eigenvalue weighted by atomic mass is 16.3. The van der Waals surface area contributed by atoms with Gasteiger partial charge in [0, 0.05) is 0 Å². The molecule has 3 unspecified atom stereocenters. The van der Waals surface area contributed by atoms with Gasteiger partial charge in [0.25, 0.3) is 0 Å². The van der Waals surface area contributed by atoms with Crippen LogP contribution in [0.5, 0.6) is 0 Å². The summed E-state index contributed by atoms with van der Waals surface area (Å²) in [6.45, 7) is 6.53. The average Bonchev–Trinajstić information content (AvgIpc) is 2.20. The highest BCUT2D eigenvalue weighted by Gasteiger charge is 2.39. The molecule has 1 nitrogen and oxygen atoms in total. The van der Waals surface area contributed by atoms with Crippen molar-refractivity contribution in [3.63, 3.8) is 0 Å². The minimum Gasteiger partial charge on any atom is -0.393 e. The molecule has 1 fully saturated rings. The Morgan fingerprint density at radius 3 is 2.67 bits per heavy atom. The van der Waals surface area contributed by atoms with E-state index in [0.717, 1.165) is 12.8 Å². The lowest BCUT2D eigenvalue weighted by Crippen LogP contribution is -2.39. The second-order valence-corrected chi connectivity index (χ2v) is 4.77. The normalized spacial score (nSPS) is 30.0. The molecule has 1 N–H and O–H groups in total. The van der Waals surface area contributed by atoms with Crippen LogP contribution in [0.4, 0.5) is 0 Å². The van der Waals surface area contributed by atoms with Gasteiger partial charge in [-0.15, -0.1) is 0 Å². The zero-order valence-corrected chi connectivity index (χ0v) is 9.83. The summed E-state index contributed by atoms with van der Waals surface area (Å²) < 4.78 is 0. The minimum absolute atomic E-state index is 0.0695. The van der Waals surface area contributed by atoms with Gasteiger partial charge < -0.3 is 5.11 Å². The number of benzene rings is 1. The van der Waals surface area contributed by atoms with E-state index in [4.69, 9.17) is 0 Å². The van der Waals surface area contributed by atoms with Gasteiger partial charge in [0.2, 0.25) is 0 Å². The van der Waals surface area contributed by atoms with Crippen molar-refractivity contribution >= 4 is 0 Å². The monoisotopic (exact) mass is 204 g/mol. The van der Waals surface area contributed by atoms with Gasteiger partial charge >= 0.3 is 0 Å². The maximum Gasteiger partial charge on any atom is 0.0580 e. The van der Waals surface area contributed by atoms with E-state index in [9.17, 15) is 5.11 Å². The zero-order valence-electron chi connectivity index (χ0n) is 9.83. The van der Waals surface area contributed by atoms with Gasteiger partial charge in [-0.1, -0.05) is 31.5 Å². The summed E-state index contributed by atoms with van der Waals surface area (Å²) in [5.74, 6) is 1.07. The summed E-state index contributed by atoms with van der Waals surface area (Å²) in [4.78, 5) is 0. The Morgan fingerprint density at radius 2 is 2.07 bits per heavy atom. The molecule has 82 valence electrons. The van der Waals surface area contributed by atoms with E-state index in [2.05, 4.69) is 39.0 Å². The second kappa shape index (κ2) is 3.97. The molecule has 1 aromatic rings. The van der Waals surface area contributed by atoms with Crippen molar-refractivity contribution < 1.29 is 5.11 Å². The van der Waals surface area contributed by atoms with Gasteiger partial charge in [0.05, 0.1) is 6.10 Å². The van der Waals surface area contributed by atoms with Crippen LogP contribution >= 0.6 is 0 Å². The Labute approximate surface area is 92.1 Å². The lowest BCUT2D eigenvalue weighted by Gasteiger charge is -2.42. The van der Waals surface area contributed by atoms with Crippen molar-refractivity contribution in [3.8, 4) is 0 Å². The first-order valence-electron chi connectivity index (χ1n) is 5.89. The predicted molar refractivity (Wildman–Crippen MR) is 63.1 cm³/mol. The average molecular weight is 204 g/mol. The maximum atomic E-state index is 9.70. The van der Waals surface area contributed by atoms with Crippen molar-refractivity contribution in [3.05, 3.63) is 34.9 Å². The number of aliphatic hydroxyl groups is 1. The zero-order chi connectivity index (χ0) is 11.0. The van der Waals surface area contributed by atoms with Crippen molar-refractivity contribution in [1.29, 1.82) is 0 Å². The number of aliphatic hydroxyl groups excluding tert-OH is 1. The molecule has 15 heavy (non-hydrogen) atoms. The fraction of sp³-hybridized carbons (Fsp3) is 0.571. The molecule has 0 heterocycles. The molecule has 0 amide bonds. The largest absolute Gasteiger partial charge is 0.393 e. The van der Waals surface area contributed by atoms with Gasteiger partial charge in [-0.3, -0.25) is 0 Å². The third-order valence-electron chi connectivity index (χ3n) is 4.02. The van der Waals surface area contributed by atoms with Gasteiger partial charge in [-0.05, 0) is 48.8 Å². The van der Waals surface area contributed by atoms with Gasteiger partial charge in [-0.2, -0.15) is 0 Å². The van der Waals surface area contributed by atoms with Crippen molar-refractivity contribution in [2.75, 3.05) is 0 Å². The van der Waals surface area contributed by atoms with Crippen LogP contribution in [-0.2, 0) is 0 Å². The number of rotatable bonds is 2. The fourth-order valence-electron chi connectivity index (χ4n) is 2.77. The second-order valence-electron chi connectivity index (χ2n) is 4.77. The summed E-state index contributed by atoms with van der Waals surface area (Å²) in [5, 5.41) is 9.70. The van der Waals surface area contributed by atoms with E-state index in [1.165, 1.54) is 16.7 Å². The summed E-state index contributed by atoms with van der Waals surface area (Å²) in [5.41, 5.74) is 4.23. The molecule has 0 saturated heterocycles. The highest BCUT2D eigenvalue weighted by molar-refractivity contribution is 5.37. The van der Waals surface area contributed by atoms with Crippen LogP contribution in [0.3, 0.4) is 0 Å². The standard InChI is InChI=1S/C14H20O/c1-4-11-13(8-14(11)15)12-7-5-6-9(2)10(12)3/h5-7,11,13-15H,4,8H2,1-3H3. The van der Waals surface area contributed by atoms with Crippen molar-refractivity contribution in [1.82, 2.24) is 0 Å². The van der Waals surface area contributed by atoms with E-state index in [-0.39, 0.29) is 6.10 Å². The molecule has 1 aromatic carbocycles. The first-order chi connectivity index (χ1) is 7.15. The predicted octanol–water partition coefficient (Wildman–Crippen LogP) is 3.18. The maximum absolute atomic E-state index is 9.70. The Hall–Kier alpha value is -0.820. The van der Waals surface area contributed by atoms with Crippen LogP contribution in [0.1, 0.15) is 42.4 Å². The quantitative estimate of drug-likeness (QED) is 0.784. The smallest absolute Gasteiger partial charge is 0.0580 e. The fourth-order valence-corrected chi connectivity index (χ4v) is 2.77. The van der Waals surface area contributed by atoms with Gasteiger partial charge in [0.1, 0.15) is 0 Å². The topological polar surface area (TPSA) is 20.2 Å². The van der Waals surface area contributed by atoms with E-state index in [1.54, 1.807) is 0 Å². The SMILES string of the molecule is CCC1C(O)CC1c1cccc(C)c1C. The summed E-state index contributed by atoms with van der Waals surface area (Å²) in [6, 6.07) is 6.52. The summed E-state index contributed by atoms with van der Waals surface area (Å²) >= 11 is 0. The third kappa shape index (κ3) is 1.69. The van der Waals surface area contributed by atoms with Crippen LogP contribution in [0.15, 0.2) is 18.2 Å². The van der Waals surface area contributed by atoms with Crippen LogP contribution in [0.25, 0.3) is 0 Å². The van der Waals surface area contributed by atoms with E-state index in [1.807, 2.05) is 0 Å². The van der Waals surface area contributed by atoms with Gasteiger partial charge in [0.15, 0.2) is 0 Å². The van der Waals surface area contributed by atoms with Gasteiger partial charge in [-0.25, -0.2) is 0 Å². The molecule has 2 rings (SSSR count). The van der Waals surface area contributed by atoms with Crippen molar-refractivity contribution in [2.24, 2.45) is 5.92 Å². The molecule has 0 spiro atoms. The molecular weight excluding hydrogens is 184 g/mol. The molecular formula is C14H20O. The molecule has 3 atom stereocenters. The molecule has 1 aliphatic carbocycles. The Kier molecular flexibility index (Phi) is 2.83. The molecule has 0 radical (unpaired) electrons. The number of hydrogen-bond acceptors (Lipinski definition) is 1. The van der Waals surface area contributed by atoms with Crippen LogP contribution < -0.4 is 0 Å². The van der Waals surface area contributed by atoms with Crippen molar-refractivity contribution in [2.45, 2.75) is 45.6 Å². The molecule has 1 aliphatic rings. The lowest BCUT2D eigenvalue weighted by molar-refractivity contribution is -0.000935. The molecule has 0 aliphatic heterocycles. The van der Waals surface area contributed by atoms with Crippen LogP contribution in [0.2, 0.25) is 0 Å². The first kappa shape index (κ1) is 10.7. The summed E-state index contributed by atoms with van der Waals surface area (Å²) in [7, 11) is 0. The van der Waals surface area contributed by atoms with Crippen LogP contribution in [0, 0.1) is 19.8 Å². The molecule has 1 saturated carbocycles. The van der Waals surface area contributed by atoms with E-state index < -0.39 is 0 Å². The number of hydrogen-bond donors (Lipinski definition) is 1. The Bertz CT molecular complexity index is 356.